The fourth-order valence-electron chi connectivity index (χ4n) is 10.0. The lowest BCUT2D eigenvalue weighted by Gasteiger charge is -2.14. The Bertz CT molecular complexity index is 3850. The maximum absolute atomic E-state index is 12.3. The highest BCUT2D eigenvalue weighted by atomic mass is 32.1. The molecule has 8 aromatic rings. The largest absolute Gasteiger partial charge is 0.508 e. The number of H-pyrrole nitrogens is 2. The summed E-state index contributed by atoms with van der Waals surface area (Å²) in [5.74, 6) is -0.768. The molecule has 6 heterocycles. The van der Waals surface area contributed by atoms with E-state index in [2.05, 4.69) is 30.3 Å². The number of fused-ring (bicyclic) bond motifs is 2. The Morgan fingerprint density at radius 3 is 1.42 bits per heavy atom. The first kappa shape index (κ1) is 60.2. The lowest BCUT2D eigenvalue weighted by molar-refractivity contribution is -0.141. The standard InChI is InChI=1S/C29H32N6O5S.C21H23N5O2S.C8H11NO4/c1-17(2)20-15-21(24(37)16-23(20)36)28-31-32-29(41)35(28)19-5-6-22-18(14-19)9-12-33(22)13-10-30-25(38)4-3-11-34-26(39)7-8-27(34)40;1-12(2)15-10-16(19(28)11-18(15)27)20-23-24-21(29)26(20)14-3-4-17-13(9-14)5-7-25(17)8-6-22;10-6-3-4-7(11)9(6)5-1-2-8(12)13/h5-6,9,12,14-17,36-37H,3-4,7-8,10-11,13H2,1-2H3,(H,30,38)(H,32,41);3-5,7,9-12,27-28H,6,8,22H2,1-2H3,(H,24,29);1-5H2,(H,12,13). The number of nitrogens with zero attached hydrogens (tertiary/aromatic N) is 8. The molecule has 0 saturated carbocycles. The number of amides is 5. The highest BCUT2D eigenvalue weighted by Gasteiger charge is 2.29. The second kappa shape index (κ2) is 26.3. The number of phenols is 4. The van der Waals surface area contributed by atoms with Crippen molar-refractivity contribution in [1.82, 2.24) is 53.8 Å². The summed E-state index contributed by atoms with van der Waals surface area (Å²) in [4.78, 5) is 70.2. The Kier molecular flexibility index (Phi) is 19.1. The fraction of sp³-hybridized carbons (Fsp3) is 0.345. The predicted octanol–water partition coefficient (Wildman–Crippen LogP) is 8.18. The van der Waals surface area contributed by atoms with E-state index in [4.69, 9.17) is 35.3 Å². The van der Waals surface area contributed by atoms with Crippen molar-refractivity contribution >= 4 is 81.7 Å². The first-order valence-electron chi connectivity index (χ1n) is 27.2. The number of likely N-dealkylation sites (tertiary alicyclic amines) is 2. The molecule has 25 heteroatoms. The van der Waals surface area contributed by atoms with Gasteiger partial charge >= 0.3 is 5.97 Å². The van der Waals surface area contributed by atoms with Gasteiger partial charge in [-0.15, -0.1) is 0 Å². The number of carbonyl (C=O) groups is 6. The highest BCUT2D eigenvalue weighted by Crippen LogP contribution is 2.40. The molecule has 2 fully saturated rings. The van der Waals surface area contributed by atoms with Crippen LogP contribution < -0.4 is 11.1 Å². The number of rotatable bonds is 19. The predicted molar refractivity (Wildman–Crippen MR) is 314 cm³/mol. The summed E-state index contributed by atoms with van der Waals surface area (Å²) >= 11 is 11.0. The average Bonchev–Trinajstić information content (AvgIpc) is 4.43. The molecule has 10 N–H and O–H groups in total. The molecular formula is C58H66N12O11S2. The molecule has 0 bridgehead atoms. The SMILES string of the molecule is CC(C)c1cc(-c2n[nH]c(=S)n2-c2ccc3c(ccn3CCN)c2)c(O)cc1O.CC(C)c1cc(-c2n[nH]c(=S)n2-c2ccc3c(ccn3CCNC(=O)CCCN3C(=O)CCC3=O)c2)c(O)cc1O.O=C(O)CCCN1C(=O)CCC1=O. The van der Waals surface area contributed by atoms with Gasteiger partial charge in [-0.2, -0.15) is 10.2 Å². The topological polar surface area (TPSA) is 325 Å². The molecule has 436 valence electrons. The lowest BCUT2D eigenvalue weighted by atomic mass is 9.98. The number of hydrogen-bond acceptors (Lipinski definition) is 15. The summed E-state index contributed by atoms with van der Waals surface area (Å²) in [5.41, 5.74) is 11.7. The quantitative estimate of drug-likeness (QED) is 0.0272. The molecule has 2 saturated heterocycles. The maximum Gasteiger partial charge on any atom is 0.303 e. The van der Waals surface area contributed by atoms with Crippen molar-refractivity contribution in [3.05, 3.63) is 106 Å². The number of aromatic nitrogens is 8. The van der Waals surface area contributed by atoms with E-state index in [1.165, 1.54) is 17.0 Å². The summed E-state index contributed by atoms with van der Waals surface area (Å²) in [7, 11) is 0. The summed E-state index contributed by atoms with van der Waals surface area (Å²) in [6.07, 6.45) is 6.04. The minimum atomic E-state index is -0.904. The zero-order chi connectivity index (χ0) is 59.8. The van der Waals surface area contributed by atoms with Crippen molar-refractivity contribution in [2.75, 3.05) is 26.2 Å². The van der Waals surface area contributed by atoms with Crippen LogP contribution in [0.2, 0.25) is 0 Å². The molecule has 10 rings (SSSR count). The number of nitrogens with two attached hydrogens (primary N) is 1. The third-order valence-corrected chi connectivity index (χ3v) is 14.8. The normalized spacial score (nSPS) is 13.4. The summed E-state index contributed by atoms with van der Waals surface area (Å²) < 4.78 is 8.45. The van der Waals surface area contributed by atoms with E-state index in [0.717, 1.165) is 50.2 Å². The van der Waals surface area contributed by atoms with E-state index in [-0.39, 0.29) is 116 Å². The van der Waals surface area contributed by atoms with Gasteiger partial charge in [-0.3, -0.25) is 57.9 Å². The van der Waals surface area contributed by atoms with Gasteiger partial charge in [0.2, 0.25) is 29.5 Å². The van der Waals surface area contributed by atoms with E-state index in [1.54, 1.807) is 21.3 Å². The molecule has 2 aliphatic rings. The van der Waals surface area contributed by atoms with E-state index < -0.39 is 5.97 Å². The van der Waals surface area contributed by atoms with Crippen LogP contribution in [0.4, 0.5) is 0 Å². The highest BCUT2D eigenvalue weighted by molar-refractivity contribution is 7.71. The molecule has 83 heavy (non-hydrogen) atoms. The number of nitrogens with one attached hydrogen (secondary N) is 3. The van der Waals surface area contributed by atoms with Gasteiger partial charge in [-0.25, -0.2) is 0 Å². The number of benzene rings is 4. The van der Waals surface area contributed by atoms with Crippen molar-refractivity contribution in [1.29, 1.82) is 0 Å². The minimum absolute atomic E-state index is 0.00292. The number of carboxylic acids is 1. The van der Waals surface area contributed by atoms with Crippen molar-refractivity contribution in [3.63, 3.8) is 0 Å². The monoisotopic (exact) mass is 1170 g/mol. The van der Waals surface area contributed by atoms with Gasteiger partial charge in [0.25, 0.3) is 0 Å². The van der Waals surface area contributed by atoms with Crippen LogP contribution in [-0.2, 0) is 41.9 Å². The Hall–Kier alpha value is -8.94. The number of carbonyl (C=O) groups excluding carboxylic acids is 5. The molecule has 0 atom stereocenters. The zero-order valence-electron chi connectivity index (χ0n) is 46.3. The Morgan fingerprint density at radius 1 is 0.590 bits per heavy atom. The van der Waals surface area contributed by atoms with E-state index >= 15 is 0 Å². The van der Waals surface area contributed by atoms with Crippen LogP contribution in [0, 0.1) is 9.54 Å². The summed E-state index contributed by atoms with van der Waals surface area (Å²) in [6, 6.07) is 22.0. The lowest BCUT2D eigenvalue weighted by Crippen LogP contribution is -2.32. The van der Waals surface area contributed by atoms with E-state index in [0.29, 0.717) is 70.4 Å². The van der Waals surface area contributed by atoms with Gasteiger partial charge in [0.1, 0.15) is 23.0 Å². The van der Waals surface area contributed by atoms with Crippen molar-refractivity contribution in [2.45, 2.75) is 104 Å². The molecule has 0 spiro atoms. The van der Waals surface area contributed by atoms with E-state index in [9.17, 15) is 49.2 Å². The number of hydrogen-bond donors (Lipinski definition) is 9. The number of aromatic hydroxyl groups is 4. The molecule has 0 radical (unpaired) electrons. The number of carboxylic acid groups (broad SMARTS) is 1. The van der Waals surface area contributed by atoms with Crippen LogP contribution in [0.25, 0.3) is 56.0 Å². The van der Waals surface area contributed by atoms with E-state index in [1.807, 2.05) is 93.2 Å². The summed E-state index contributed by atoms with van der Waals surface area (Å²) in [5, 5.41) is 69.1. The van der Waals surface area contributed by atoms with Gasteiger partial charge in [0.05, 0.1) is 22.5 Å². The number of aromatic amines is 2. The average molecular weight is 1170 g/mol. The molecule has 23 nitrogen and oxygen atoms in total. The molecule has 4 aromatic heterocycles. The molecule has 0 aliphatic carbocycles. The second-order valence-corrected chi connectivity index (χ2v) is 21.4. The maximum atomic E-state index is 12.3. The van der Waals surface area contributed by atoms with Crippen LogP contribution in [0.3, 0.4) is 0 Å². The minimum Gasteiger partial charge on any atom is -0.508 e. The van der Waals surface area contributed by atoms with Crippen LogP contribution in [0.15, 0.2) is 85.2 Å². The molecule has 4 aromatic carbocycles. The van der Waals surface area contributed by atoms with Crippen molar-refractivity contribution in [3.8, 4) is 57.1 Å². The molecule has 5 amide bonds. The Balaban J connectivity index is 0.000000185. The van der Waals surface area contributed by atoms with Crippen LogP contribution >= 0.6 is 24.4 Å². The first-order valence-corrected chi connectivity index (χ1v) is 28.0. The van der Waals surface area contributed by atoms with Crippen LogP contribution in [0.1, 0.15) is 102 Å². The van der Waals surface area contributed by atoms with Crippen molar-refractivity contribution in [2.24, 2.45) is 5.73 Å². The molecular weight excluding hydrogens is 1100 g/mol. The van der Waals surface area contributed by atoms with Gasteiger partial charge in [-0.1, -0.05) is 27.7 Å². The van der Waals surface area contributed by atoms with Gasteiger partial charge in [-0.05, 0) is 121 Å². The second-order valence-electron chi connectivity index (χ2n) is 20.7. The van der Waals surface area contributed by atoms with Crippen molar-refractivity contribution < 1.29 is 54.3 Å². The third-order valence-electron chi connectivity index (χ3n) is 14.3. The molecule has 2 aliphatic heterocycles. The number of phenolic OH excluding ortho intramolecular Hbond substituents is 4. The van der Waals surface area contributed by atoms with Gasteiger partial charge < -0.3 is 45.7 Å². The zero-order valence-corrected chi connectivity index (χ0v) is 47.9. The number of aliphatic carboxylic acids is 1. The first-order chi connectivity index (χ1) is 39.6. The fourth-order valence-corrected chi connectivity index (χ4v) is 10.5. The Labute approximate surface area is 486 Å². The summed E-state index contributed by atoms with van der Waals surface area (Å²) in [6.45, 7) is 10.7. The number of imide groups is 2. The Morgan fingerprint density at radius 2 is 1.01 bits per heavy atom. The van der Waals surface area contributed by atoms with Gasteiger partial charge in [0, 0.05) is 124 Å². The molecule has 0 unspecified atom stereocenters. The van der Waals surface area contributed by atoms with Crippen LogP contribution in [0.5, 0.6) is 23.0 Å². The van der Waals surface area contributed by atoms with Gasteiger partial charge in [0.15, 0.2) is 21.2 Å². The van der Waals surface area contributed by atoms with Crippen LogP contribution in [-0.4, -0.2) is 136 Å². The smallest absolute Gasteiger partial charge is 0.303 e. The third kappa shape index (κ3) is 13.7.